The van der Waals surface area contributed by atoms with Gasteiger partial charge < -0.3 is 20.3 Å². The van der Waals surface area contributed by atoms with E-state index in [1.165, 1.54) is 0 Å². The molecule has 0 heterocycles. The van der Waals surface area contributed by atoms with Crippen molar-refractivity contribution in [2.24, 2.45) is 0 Å². The van der Waals surface area contributed by atoms with Crippen LogP contribution in [0.25, 0.3) is 0 Å². The molecule has 0 saturated heterocycles. The number of hydrogen-bond acceptors (Lipinski definition) is 4. The van der Waals surface area contributed by atoms with Gasteiger partial charge in [-0.1, -0.05) is 67.9 Å². The first-order valence-electron chi connectivity index (χ1n) is 13.9. The summed E-state index contributed by atoms with van der Waals surface area (Å²) >= 11 is 0. The lowest BCUT2D eigenvalue weighted by Crippen LogP contribution is -2.59. The number of nitrogens with zero attached hydrogens (tertiary/aromatic N) is 1. The summed E-state index contributed by atoms with van der Waals surface area (Å²) in [6.45, 7) is 17.0. The van der Waals surface area contributed by atoms with Gasteiger partial charge in [0.05, 0.1) is 0 Å². The number of aryl methyl sites for hydroxylation is 1. The first-order chi connectivity index (χ1) is 18.1. The molecule has 3 unspecified atom stereocenters. The van der Waals surface area contributed by atoms with Crippen molar-refractivity contribution in [3.8, 4) is 0 Å². The van der Waals surface area contributed by atoms with Crippen molar-refractivity contribution in [1.29, 1.82) is 0 Å². The number of rotatable bonds is 10. The normalized spacial score (nSPS) is 14.1. The summed E-state index contributed by atoms with van der Waals surface area (Å²) in [5.74, 6) is -0.604. The van der Waals surface area contributed by atoms with Crippen molar-refractivity contribution in [2.75, 3.05) is 0 Å². The first kappa shape index (κ1) is 31.9. The van der Waals surface area contributed by atoms with E-state index in [2.05, 4.69) is 17.6 Å². The highest BCUT2D eigenvalue weighted by molar-refractivity contribution is 5.93. The molecule has 2 aromatic carbocycles. The molecule has 7 nitrogen and oxygen atoms in total. The molecule has 0 fully saturated rings. The summed E-state index contributed by atoms with van der Waals surface area (Å²) in [6, 6.07) is 15.3. The molecule has 0 radical (unpaired) electrons. The van der Waals surface area contributed by atoms with E-state index < -0.39 is 29.3 Å². The number of amides is 3. The number of carbonyl (C=O) groups excluding carboxylic acids is 3. The fourth-order valence-electron chi connectivity index (χ4n) is 4.63. The van der Waals surface area contributed by atoms with Gasteiger partial charge in [-0.2, -0.15) is 0 Å². The van der Waals surface area contributed by atoms with Crippen molar-refractivity contribution in [1.82, 2.24) is 15.5 Å². The van der Waals surface area contributed by atoms with Crippen molar-refractivity contribution in [2.45, 2.75) is 111 Å². The molecule has 0 bridgehead atoms. The topological polar surface area (TPSA) is 87.7 Å². The Labute approximate surface area is 234 Å². The Bertz CT molecular complexity index is 1100. The Hall–Kier alpha value is -3.35. The van der Waals surface area contributed by atoms with Crippen LogP contribution in [0, 0.1) is 6.92 Å². The third-order valence-corrected chi connectivity index (χ3v) is 6.33. The quantitative estimate of drug-likeness (QED) is 0.383. The third kappa shape index (κ3) is 9.72. The van der Waals surface area contributed by atoms with Gasteiger partial charge >= 0.3 is 6.09 Å². The summed E-state index contributed by atoms with van der Waals surface area (Å²) in [7, 11) is 0. The SMILES string of the molecule is CCCC(C)NC(=O)C(c1ccccc1C)N(C(=O)C(Cc1ccccc1)NC(=O)OC(C)(C)C)C(C)(C)C. The standard InChI is InChI=1S/C32H47N3O4/c1-10-16-23(3)33-28(36)27(25-20-15-14-17-22(25)2)35(31(4,5)6)29(37)26(21-24-18-12-11-13-19-24)34-30(38)39-32(7,8)9/h11-15,17-20,23,26-27H,10,16,21H2,1-9H3,(H,33,36)(H,34,38). The molecule has 2 rings (SSSR count). The van der Waals surface area contributed by atoms with Crippen LogP contribution < -0.4 is 10.6 Å². The number of benzene rings is 2. The molecule has 214 valence electrons. The lowest BCUT2D eigenvalue weighted by atomic mass is 9.92. The van der Waals surface area contributed by atoms with E-state index in [0.717, 1.165) is 29.5 Å². The van der Waals surface area contributed by atoms with Crippen LogP contribution in [0.3, 0.4) is 0 Å². The molecular formula is C32H47N3O4. The smallest absolute Gasteiger partial charge is 0.408 e. The Kier molecular flexibility index (Phi) is 11.1. The maximum absolute atomic E-state index is 14.5. The minimum Gasteiger partial charge on any atom is -0.444 e. The summed E-state index contributed by atoms with van der Waals surface area (Å²) in [4.78, 5) is 43.0. The highest BCUT2D eigenvalue weighted by atomic mass is 16.6. The molecule has 0 aliphatic heterocycles. The van der Waals surface area contributed by atoms with E-state index in [9.17, 15) is 14.4 Å². The van der Waals surface area contributed by atoms with Crippen molar-refractivity contribution < 1.29 is 19.1 Å². The average molecular weight is 538 g/mol. The van der Waals surface area contributed by atoms with E-state index in [1.807, 2.05) is 89.2 Å². The van der Waals surface area contributed by atoms with E-state index in [1.54, 1.807) is 25.7 Å². The molecule has 2 N–H and O–H groups in total. The minimum absolute atomic E-state index is 0.0501. The van der Waals surface area contributed by atoms with Gasteiger partial charge in [0.25, 0.3) is 0 Å². The monoisotopic (exact) mass is 537 g/mol. The zero-order valence-electron chi connectivity index (χ0n) is 25.1. The van der Waals surface area contributed by atoms with Gasteiger partial charge in [0.15, 0.2) is 0 Å². The van der Waals surface area contributed by atoms with E-state index >= 15 is 0 Å². The largest absolute Gasteiger partial charge is 0.444 e. The van der Waals surface area contributed by atoms with E-state index in [4.69, 9.17) is 4.74 Å². The molecule has 0 aliphatic rings. The highest BCUT2D eigenvalue weighted by Crippen LogP contribution is 2.32. The van der Waals surface area contributed by atoms with E-state index in [-0.39, 0.29) is 24.3 Å². The van der Waals surface area contributed by atoms with Gasteiger partial charge in [-0.3, -0.25) is 9.59 Å². The lowest BCUT2D eigenvalue weighted by Gasteiger charge is -2.43. The van der Waals surface area contributed by atoms with Crippen LogP contribution >= 0.6 is 0 Å². The third-order valence-electron chi connectivity index (χ3n) is 6.33. The summed E-state index contributed by atoms with van der Waals surface area (Å²) in [5.41, 5.74) is 1.06. The molecule has 0 spiro atoms. The second-order valence-electron chi connectivity index (χ2n) is 12.2. The van der Waals surface area contributed by atoms with Crippen molar-refractivity contribution >= 4 is 17.9 Å². The highest BCUT2D eigenvalue weighted by Gasteiger charge is 2.42. The average Bonchev–Trinajstić information content (AvgIpc) is 2.81. The number of ether oxygens (including phenoxy) is 1. The fraction of sp³-hybridized carbons (Fsp3) is 0.531. The summed E-state index contributed by atoms with van der Waals surface area (Å²) in [6.07, 6.45) is 1.32. The maximum atomic E-state index is 14.5. The molecule has 3 atom stereocenters. The number of hydrogen-bond donors (Lipinski definition) is 2. The molecule has 0 aliphatic carbocycles. The van der Waals surface area contributed by atoms with Gasteiger partial charge in [-0.05, 0) is 78.5 Å². The van der Waals surface area contributed by atoms with Crippen LogP contribution in [0.1, 0.15) is 91.0 Å². The van der Waals surface area contributed by atoms with E-state index in [0.29, 0.717) is 0 Å². The van der Waals surface area contributed by atoms with Crippen molar-refractivity contribution in [3.63, 3.8) is 0 Å². The molecule has 0 aromatic heterocycles. The van der Waals surface area contributed by atoms with Crippen LogP contribution in [-0.4, -0.2) is 46.0 Å². The number of alkyl carbamates (subject to hydrolysis) is 1. The summed E-state index contributed by atoms with van der Waals surface area (Å²) in [5, 5.41) is 5.94. The zero-order valence-corrected chi connectivity index (χ0v) is 25.1. The van der Waals surface area contributed by atoms with Gasteiger partial charge in [0.1, 0.15) is 17.7 Å². The predicted octanol–water partition coefficient (Wildman–Crippen LogP) is 6.10. The van der Waals surface area contributed by atoms with Gasteiger partial charge in [-0.15, -0.1) is 0 Å². The molecule has 0 saturated carbocycles. The predicted molar refractivity (Wildman–Crippen MR) is 156 cm³/mol. The Morgan fingerprint density at radius 3 is 2.03 bits per heavy atom. The van der Waals surface area contributed by atoms with Gasteiger partial charge in [0.2, 0.25) is 11.8 Å². The molecular weight excluding hydrogens is 490 g/mol. The number of nitrogens with one attached hydrogen (secondary N) is 2. The lowest BCUT2D eigenvalue weighted by molar-refractivity contribution is -0.148. The summed E-state index contributed by atoms with van der Waals surface area (Å²) < 4.78 is 5.51. The second kappa shape index (κ2) is 13.6. The Balaban J connectivity index is 2.61. The van der Waals surface area contributed by atoms with Crippen LogP contribution in [0.4, 0.5) is 4.79 Å². The fourth-order valence-corrected chi connectivity index (χ4v) is 4.63. The molecule has 3 amide bonds. The molecule has 39 heavy (non-hydrogen) atoms. The maximum Gasteiger partial charge on any atom is 0.408 e. The van der Waals surface area contributed by atoms with Crippen LogP contribution in [-0.2, 0) is 20.7 Å². The van der Waals surface area contributed by atoms with Gasteiger partial charge in [0, 0.05) is 18.0 Å². The van der Waals surface area contributed by atoms with Crippen molar-refractivity contribution in [3.05, 3.63) is 71.3 Å². The van der Waals surface area contributed by atoms with Gasteiger partial charge in [-0.25, -0.2) is 4.79 Å². The van der Waals surface area contributed by atoms with Crippen LogP contribution in [0.2, 0.25) is 0 Å². The first-order valence-corrected chi connectivity index (χ1v) is 13.9. The van der Waals surface area contributed by atoms with Crippen LogP contribution in [0.5, 0.6) is 0 Å². The second-order valence-corrected chi connectivity index (χ2v) is 12.2. The number of carbonyl (C=O) groups is 3. The Morgan fingerprint density at radius 1 is 0.897 bits per heavy atom. The minimum atomic E-state index is -0.950. The molecule has 2 aromatic rings. The van der Waals surface area contributed by atoms with Crippen LogP contribution in [0.15, 0.2) is 54.6 Å². The molecule has 7 heteroatoms. The zero-order chi connectivity index (χ0) is 29.4. The Morgan fingerprint density at radius 2 is 1.49 bits per heavy atom.